The van der Waals surface area contributed by atoms with Crippen LogP contribution in [0.25, 0.3) is 0 Å². The lowest BCUT2D eigenvalue weighted by atomic mass is 9.74. The predicted octanol–water partition coefficient (Wildman–Crippen LogP) is 8.07. The minimum Gasteiger partial charge on any atom is -0.289 e. The van der Waals surface area contributed by atoms with E-state index in [4.69, 9.17) is 0 Å². The van der Waals surface area contributed by atoms with Crippen molar-refractivity contribution in [3.05, 3.63) is 24.3 Å². The van der Waals surface area contributed by atoms with E-state index in [0.29, 0.717) is 24.2 Å². The summed E-state index contributed by atoms with van der Waals surface area (Å²) >= 11 is 0. The molecule has 0 aromatic rings. The molecule has 2 rings (SSSR count). The van der Waals surface area contributed by atoms with E-state index in [1.54, 1.807) is 0 Å². The van der Waals surface area contributed by atoms with Gasteiger partial charge in [-0.3, -0.25) is 4.74 Å². The third kappa shape index (κ3) is 8.71. The lowest BCUT2D eigenvalue weighted by Gasteiger charge is -2.32. The van der Waals surface area contributed by atoms with Gasteiger partial charge in [-0.05, 0) is 108 Å². The minimum atomic E-state index is -4.51. The second-order valence-electron chi connectivity index (χ2n) is 9.19. The smallest absolute Gasteiger partial charge is 0.289 e. The van der Waals surface area contributed by atoms with Crippen molar-refractivity contribution in [2.45, 2.75) is 97.4 Å². The van der Waals surface area contributed by atoms with Crippen LogP contribution in [0.3, 0.4) is 0 Å². The van der Waals surface area contributed by atoms with Gasteiger partial charge in [-0.1, -0.05) is 31.2 Å². The van der Waals surface area contributed by atoms with Crippen LogP contribution >= 0.6 is 0 Å². The Kier molecular flexibility index (Phi) is 9.59. The molecular formula is C24H39F3O. The first-order chi connectivity index (χ1) is 13.3. The molecule has 0 aromatic carbocycles. The number of hydrogen-bond acceptors (Lipinski definition) is 1. The summed E-state index contributed by atoms with van der Waals surface area (Å²) in [5.41, 5.74) is 0. The van der Waals surface area contributed by atoms with Gasteiger partial charge in [0.1, 0.15) is 0 Å². The van der Waals surface area contributed by atoms with Crippen LogP contribution in [-0.2, 0) is 4.74 Å². The third-order valence-electron chi connectivity index (χ3n) is 6.92. The van der Waals surface area contributed by atoms with Gasteiger partial charge in [0.25, 0.3) is 0 Å². The number of halogens is 3. The quantitative estimate of drug-likeness (QED) is 0.374. The van der Waals surface area contributed by atoms with Crippen molar-refractivity contribution in [3.63, 3.8) is 0 Å². The maximum absolute atomic E-state index is 12.3. The molecule has 0 amide bonds. The van der Waals surface area contributed by atoms with Crippen LogP contribution in [0.15, 0.2) is 24.3 Å². The number of ether oxygens (including phenoxy) is 1. The molecule has 0 spiro atoms. The SMILES string of the molecule is C/C=C/C1CCC(/C=C/C2CCC(C(C)CCC(C)OC(F)(F)F)CC2)CC1. The van der Waals surface area contributed by atoms with Crippen molar-refractivity contribution in [3.8, 4) is 0 Å². The van der Waals surface area contributed by atoms with E-state index in [1.165, 1.54) is 58.3 Å². The largest absolute Gasteiger partial charge is 0.522 e. The van der Waals surface area contributed by atoms with Crippen molar-refractivity contribution in [1.29, 1.82) is 0 Å². The van der Waals surface area contributed by atoms with Crippen molar-refractivity contribution in [1.82, 2.24) is 0 Å². The predicted molar refractivity (Wildman–Crippen MR) is 110 cm³/mol. The molecule has 1 nitrogen and oxygen atoms in total. The van der Waals surface area contributed by atoms with Gasteiger partial charge >= 0.3 is 6.36 Å². The highest BCUT2D eigenvalue weighted by molar-refractivity contribution is 4.98. The van der Waals surface area contributed by atoms with Gasteiger partial charge in [0, 0.05) is 0 Å². The normalized spacial score (nSPS) is 32.1. The summed E-state index contributed by atoms with van der Waals surface area (Å²) in [6.45, 7) is 5.83. The van der Waals surface area contributed by atoms with E-state index in [1.807, 2.05) is 0 Å². The first-order valence-corrected chi connectivity index (χ1v) is 11.3. The van der Waals surface area contributed by atoms with Crippen LogP contribution in [-0.4, -0.2) is 12.5 Å². The second kappa shape index (κ2) is 11.4. The fourth-order valence-electron chi connectivity index (χ4n) is 5.04. The molecule has 4 heteroatoms. The molecule has 2 aliphatic carbocycles. The zero-order valence-electron chi connectivity index (χ0n) is 17.9. The van der Waals surface area contributed by atoms with Crippen molar-refractivity contribution < 1.29 is 17.9 Å². The molecule has 2 atom stereocenters. The average Bonchev–Trinajstić information content (AvgIpc) is 2.65. The summed E-state index contributed by atoms with van der Waals surface area (Å²) < 4.78 is 40.9. The first-order valence-electron chi connectivity index (χ1n) is 11.3. The Bertz CT molecular complexity index is 481. The molecule has 2 fully saturated rings. The molecule has 0 saturated heterocycles. The highest BCUT2D eigenvalue weighted by Crippen LogP contribution is 2.37. The minimum absolute atomic E-state index is 0.478. The number of hydrogen-bond donors (Lipinski definition) is 0. The van der Waals surface area contributed by atoms with Gasteiger partial charge in [-0.15, -0.1) is 13.2 Å². The number of allylic oxidation sites excluding steroid dienone is 4. The van der Waals surface area contributed by atoms with Crippen LogP contribution in [0.5, 0.6) is 0 Å². The molecule has 0 radical (unpaired) electrons. The molecule has 0 aromatic heterocycles. The Labute approximate surface area is 169 Å². The monoisotopic (exact) mass is 400 g/mol. The maximum Gasteiger partial charge on any atom is 0.522 e. The lowest BCUT2D eigenvalue weighted by Crippen LogP contribution is -2.24. The van der Waals surface area contributed by atoms with E-state index in [9.17, 15) is 13.2 Å². The topological polar surface area (TPSA) is 9.23 Å². The van der Waals surface area contributed by atoms with E-state index in [-0.39, 0.29) is 0 Å². The molecule has 2 saturated carbocycles. The van der Waals surface area contributed by atoms with E-state index < -0.39 is 12.5 Å². The Balaban J connectivity index is 1.64. The number of alkyl halides is 3. The Morgan fingerprint density at radius 1 is 0.786 bits per heavy atom. The summed E-state index contributed by atoms with van der Waals surface area (Å²) in [6, 6.07) is 0. The van der Waals surface area contributed by atoms with Crippen LogP contribution in [0.4, 0.5) is 13.2 Å². The van der Waals surface area contributed by atoms with Gasteiger partial charge in [0.2, 0.25) is 0 Å². The third-order valence-corrected chi connectivity index (χ3v) is 6.92. The summed E-state index contributed by atoms with van der Waals surface area (Å²) in [4.78, 5) is 0. The van der Waals surface area contributed by atoms with Gasteiger partial charge in [-0.2, -0.15) is 0 Å². The van der Waals surface area contributed by atoms with Crippen LogP contribution in [0, 0.1) is 29.6 Å². The van der Waals surface area contributed by atoms with Crippen LogP contribution in [0.1, 0.15) is 85.0 Å². The molecule has 28 heavy (non-hydrogen) atoms. The first kappa shape index (κ1) is 23.5. The summed E-state index contributed by atoms with van der Waals surface area (Å²) in [6.07, 6.45) is 15.7. The van der Waals surface area contributed by atoms with Crippen molar-refractivity contribution in [2.24, 2.45) is 29.6 Å². The van der Waals surface area contributed by atoms with Gasteiger partial charge in [0.15, 0.2) is 0 Å². The fourth-order valence-corrected chi connectivity index (χ4v) is 5.04. The fraction of sp³-hybridized carbons (Fsp3) is 0.833. The van der Waals surface area contributed by atoms with Gasteiger partial charge in [-0.25, -0.2) is 0 Å². The molecular weight excluding hydrogens is 361 g/mol. The lowest BCUT2D eigenvalue weighted by molar-refractivity contribution is -0.341. The average molecular weight is 401 g/mol. The summed E-state index contributed by atoms with van der Waals surface area (Å²) in [5.74, 6) is 3.37. The molecule has 2 aliphatic rings. The van der Waals surface area contributed by atoms with Gasteiger partial charge in [0.05, 0.1) is 6.10 Å². The molecule has 0 heterocycles. The highest BCUT2D eigenvalue weighted by Gasteiger charge is 2.32. The molecule has 0 bridgehead atoms. The standard InChI is InChI=1S/C24H39F3O/c1-4-5-20-8-10-21(11-9-20)12-13-22-14-16-23(17-15-22)18(2)6-7-19(3)28-24(25,26)27/h4-5,12-13,18-23H,6-11,14-17H2,1-3H3/b5-4+,13-12+. The second-order valence-corrected chi connectivity index (χ2v) is 9.19. The molecule has 0 N–H and O–H groups in total. The Morgan fingerprint density at radius 2 is 1.25 bits per heavy atom. The summed E-state index contributed by atoms with van der Waals surface area (Å²) in [7, 11) is 0. The van der Waals surface area contributed by atoms with Crippen LogP contribution < -0.4 is 0 Å². The maximum atomic E-state index is 12.3. The molecule has 162 valence electrons. The zero-order chi connectivity index (χ0) is 20.6. The zero-order valence-corrected chi connectivity index (χ0v) is 17.9. The van der Waals surface area contributed by atoms with Gasteiger partial charge < -0.3 is 0 Å². The van der Waals surface area contributed by atoms with Crippen molar-refractivity contribution in [2.75, 3.05) is 0 Å². The van der Waals surface area contributed by atoms with Crippen LogP contribution in [0.2, 0.25) is 0 Å². The highest BCUT2D eigenvalue weighted by atomic mass is 19.4. The van der Waals surface area contributed by atoms with Crippen molar-refractivity contribution >= 4 is 0 Å². The van der Waals surface area contributed by atoms with E-state index in [2.05, 4.69) is 42.9 Å². The van der Waals surface area contributed by atoms with E-state index in [0.717, 1.165) is 18.3 Å². The number of rotatable bonds is 8. The van der Waals surface area contributed by atoms with E-state index >= 15 is 0 Å². The molecule has 0 aliphatic heterocycles. The Morgan fingerprint density at radius 3 is 1.71 bits per heavy atom. The molecule has 2 unspecified atom stereocenters. The Hall–Kier alpha value is -0.770. The summed E-state index contributed by atoms with van der Waals surface area (Å²) in [5, 5.41) is 0.